The minimum atomic E-state index is -0.806. The molecule has 0 fully saturated rings. The zero-order valence-electron chi connectivity index (χ0n) is 15.8. The highest BCUT2D eigenvalue weighted by molar-refractivity contribution is 6.30. The summed E-state index contributed by atoms with van der Waals surface area (Å²) in [6.45, 7) is 5.42. The van der Waals surface area contributed by atoms with Crippen LogP contribution in [0.2, 0.25) is 5.02 Å². The second kappa shape index (κ2) is 8.27. The number of carbonyl (C=O) groups excluding carboxylic acids is 1. The van der Waals surface area contributed by atoms with Gasteiger partial charge in [-0.1, -0.05) is 29.8 Å². The minimum absolute atomic E-state index is 0.158. The molecule has 6 nitrogen and oxygen atoms in total. The molecule has 7 heteroatoms. The van der Waals surface area contributed by atoms with Crippen LogP contribution in [0, 0.1) is 13.8 Å². The molecule has 28 heavy (non-hydrogen) atoms. The maximum Gasteiger partial charge on any atom is 0.271 e. The van der Waals surface area contributed by atoms with Crippen molar-refractivity contribution in [2.45, 2.75) is 26.9 Å². The van der Waals surface area contributed by atoms with Gasteiger partial charge in [0.2, 0.25) is 5.88 Å². The van der Waals surface area contributed by atoms with Crippen molar-refractivity contribution in [3.8, 4) is 11.6 Å². The maximum absolute atomic E-state index is 12.4. The number of anilines is 1. The third-order valence-corrected chi connectivity index (χ3v) is 4.36. The lowest BCUT2D eigenvalue weighted by molar-refractivity contribution is -0.122. The van der Waals surface area contributed by atoms with Crippen LogP contribution >= 0.6 is 11.6 Å². The zero-order valence-corrected chi connectivity index (χ0v) is 16.5. The van der Waals surface area contributed by atoms with Crippen LogP contribution in [0.1, 0.15) is 18.1 Å². The Balaban J connectivity index is 1.80. The molecule has 0 saturated carbocycles. The Kier molecular flexibility index (Phi) is 5.80. The van der Waals surface area contributed by atoms with Crippen LogP contribution in [0.5, 0.6) is 5.88 Å². The number of halogens is 1. The smallest absolute Gasteiger partial charge is 0.271 e. The van der Waals surface area contributed by atoms with Crippen LogP contribution in [0.4, 0.5) is 5.69 Å². The number of aryl methyl sites for hydroxylation is 2. The summed E-state index contributed by atoms with van der Waals surface area (Å²) in [5, 5.41) is 7.52. The van der Waals surface area contributed by atoms with E-state index in [0.717, 1.165) is 11.1 Å². The molecule has 1 N–H and O–H groups in total. The summed E-state index contributed by atoms with van der Waals surface area (Å²) >= 11 is 6.05. The van der Waals surface area contributed by atoms with E-state index >= 15 is 0 Å². The molecule has 1 heterocycles. The lowest BCUT2D eigenvalue weighted by Gasteiger charge is -2.15. The Labute approximate surface area is 167 Å². The summed E-state index contributed by atoms with van der Waals surface area (Å²) in [5.41, 5.74) is 2.79. The van der Waals surface area contributed by atoms with Crippen molar-refractivity contribution >= 4 is 23.2 Å². The van der Waals surface area contributed by atoms with Gasteiger partial charge >= 0.3 is 0 Å². The number of carbonyl (C=O) groups is 1. The first kappa shape index (κ1) is 19.6. The normalized spacial score (nSPS) is 11.7. The Bertz CT molecular complexity index is 1080. The number of hydrogen-bond acceptors (Lipinski definition) is 4. The highest BCUT2D eigenvalue weighted by Crippen LogP contribution is 2.19. The van der Waals surface area contributed by atoms with E-state index in [1.807, 2.05) is 32.0 Å². The molecule has 1 aromatic heterocycles. The molecule has 0 aliphatic heterocycles. The monoisotopic (exact) mass is 397 g/mol. The quantitative estimate of drug-likeness (QED) is 0.708. The molecular formula is C21H20ClN3O3. The van der Waals surface area contributed by atoms with Crippen LogP contribution in [-0.2, 0) is 4.79 Å². The van der Waals surface area contributed by atoms with Gasteiger partial charge in [-0.3, -0.25) is 9.59 Å². The van der Waals surface area contributed by atoms with Crippen molar-refractivity contribution in [2.75, 3.05) is 5.32 Å². The molecule has 2 aromatic carbocycles. The number of aromatic nitrogens is 2. The minimum Gasteiger partial charge on any atom is -0.463 e. The highest BCUT2D eigenvalue weighted by atomic mass is 35.5. The molecule has 0 saturated heterocycles. The van der Waals surface area contributed by atoms with E-state index < -0.39 is 6.10 Å². The van der Waals surface area contributed by atoms with Gasteiger partial charge in [-0.2, -0.15) is 4.68 Å². The van der Waals surface area contributed by atoms with E-state index in [2.05, 4.69) is 10.4 Å². The second-order valence-electron chi connectivity index (χ2n) is 6.47. The van der Waals surface area contributed by atoms with Crippen molar-refractivity contribution in [2.24, 2.45) is 0 Å². The summed E-state index contributed by atoms with van der Waals surface area (Å²) < 4.78 is 6.86. The number of benzene rings is 2. The Hall–Kier alpha value is -3.12. The van der Waals surface area contributed by atoms with E-state index in [0.29, 0.717) is 16.4 Å². The summed E-state index contributed by atoms with van der Waals surface area (Å²) in [5.74, 6) is -0.157. The van der Waals surface area contributed by atoms with Gasteiger partial charge < -0.3 is 10.1 Å². The maximum atomic E-state index is 12.4. The van der Waals surface area contributed by atoms with E-state index in [-0.39, 0.29) is 17.3 Å². The Morgan fingerprint density at radius 2 is 1.93 bits per heavy atom. The fraction of sp³-hybridized carbons (Fsp3) is 0.190. The molecule has 0 radical (unpaired) electrons. The number of hydrogen-bond donors (Lipinski definition) is 1. The van der Waals surface area contributed by atoms with Gasteiger partial charge in [0.15, 0.2) is 6.10 Å². The van der Waals surface area contributed by atoms with E-state index in [1.165, 1.54) is 16.8 Å². The largest absolute Gasteiger partial charge is 0.463 e. The predicted octanol–water partition coefficient (Wildman–Crippen LogP) is 3.91. The van der Waals surface area contributed by atoms with Crippen molar-refractivity contribution in [1.82, 2.24) is 9.78 Å². The van der Waals surface area contributed by atoms with Gasteiger partial charge in [0, 0.05) is 22.8 Å². The van der Waals surface area contributed by atoms with Gasteiger partial charge in [-0.25, -0.2) is 0 Å². The molecule has 0 aliphatic rings. The van der Waals surface area contributed by atoms with E-state index in [4.69, 9.17) is 16.3 Å². The van der Waals surface area contributed by atoms with E-state index in [9.17, 15) is 9.59 Å². The number of amides is 1. The SMILES string of the molecule is Cc1cccc(NC(=O)C(C)Oc2ccc(=O)n(-c3cc(Cl)ccc3C)n2)c1. The standard InChI is InChI=1S/C21H20ClN3O3/c1-13-5-4-6-17(11-13)23-21(27)15(3)28-19-9-10-20(26)25(24-19)18-12-16(22)8-7-14(18)2/h4-12,15H,1-3H3,(H,23,27). The van der Waals surface area contributed by atoms with Gasteiger partial charge in [0.05, 0.1) is 5.69 Å². The molecule has 3 aromatic rings. The van der Waals surface area contributed by atoms with Crippen LogP contribution < -0.4 is 15.6 Å². The summed E-state index contributed by atoms with van der Waals surface area (Å²) in [6.07, 6.45) is -0.806. The van der Waals surface area contributed by atoms with Gasteiger partial charge in [0.25, 0.3) is 11.5 Å². The average molecular weight is 398 g/mol. The van der Waals surface area contributed by atoms with Crippen molar-refractivity contribution in [1.29, 1.82) is 0 Å². The molecule has 0 spiro atoms. The number of rotatable bonds is 5. The average Bonchev–Trinajstić information content (AvgIpc) is 2.65. The van der Waals surface area contributed by atoms with Gasteiger partial charge in [-0.05, 0) is 56.2 Å². The predicted molar refractivity (Wildman–Crippen MR) is 109 cm³/mol. The molecular weight excluding hydrogens is 378 g/mol. The first-order valence-electron chi connectivity index (χ1n) is 8.74. The van der Waals surface area contributed by atoms with Crippen molar-refractivity contribution < 1.29 is 9.53 Å². The first-order valence-corrected chi connectivity index (χ1v) is 9.12. The number of nitrogens with zero attached hydrogens (tertiary/aromatic N) is 2. The molecule has 144 valence electrons. The fourth-order valence-corrected chi connectivity index (χ4v) is 2.81. The lowest BCUT2D eigenvalue weighted by Crippen LogP contribution is -2.31. The Morgan fingerprint density at radius 1 is 1.14 bits per heavy atom. The van der Waals surface area contributed by atoms with Gasteiger partial charge in [-0.15, -0.1) is 5.10 Å². The number of ether oxygens (including phenoxy) is 1. The Morgan fingerprint density at radius 3 is 2.68 bits per heavy atom. The van der Waals surface area contributed by atoms with Crippen LogP contribution in [0.25, 0.3) is 5.69 Å². The molecule has 3 rings (SSSR count). The third kappa shape index (κ3) is 4.58. The summed E-state index contributed by atoms with van der Waals surface area (Å²) in [7, 11) is 0. The zero-order chi connectivity index (χ0) is 20.3. The number of nitrogens with one attached hydrogen (secondary N) is 1. The highest BCUT2D eigenvalue weighted by Gasteiger charge is 2.17. The molecule has 0 aliphatic carbocycles. The molecule has 0 bridgehead atoms. The van der Waals surface area contributed by atoms with Crippen LogP contribution in [0.15, 0.2) is 59.4 Å². The summed E-state index contributed by atoms with van der Waals surface area (Å²) in [6, 6.07) is 15.5. The molecule has 1 amide bonds. The summed E-state index contributed by atoms with van der Waals surface area (Å²) in [4.78, 5) is 24.6. The van der Waals surface area contributed by atoms with Crippen LogP contribution in [0.3, 0.4) is 0 Å². The topological polar surface area (TPSA) is 73.2 Å². The van der Waals surface area contributed by atoms with Crippen molar-refractivity contribution in [3.05, 3.63) is 81.1 Å². The third-order valence-electron chi connectivity index (χ3n) is 4.13. The van der Waals surface area contributed by atoms with Gasteiger partial charge in [0.1, 0.15) is 0 Å². The van der Waals surface area contributed by atoms with Crippen LogP contribution in [-0.4, -0.2) is 21.8 Å². The van der Waals surface area contributed by atoms with Crippen molar-refractivity contribution in [3.63, 3.8) is 0 Å². The molecule has 1 unspecified atom stereocenters. The lowest BCUT2D eigenvalue weighted by atomic mass is 10.2. The first-order chi connectivity index (χ1) is 13.3. The van der Waals surface area contributed by atoms with E-state index in [1.54, 1.807) is 31.2 Å². The molecule has 1 atom stereocenters. The second-order valence-corrected chi connectivity index (χ2v) is 6.91. The fourth-order valence-electron chi connectivity index (χ4n) is 2.64.